The van der Waals surface area contributed by atoms with Gasteiger partial charge in [0, 0.05) is 16.7 Å². The number of nitrogens with one attached hydrogen (secondary N) is 1. The van der Waals surface area contributed by atoms with Crippen LogP contribution in [0, 0.1) is 5.82 Å². The number of halogens is 2. The first-order valence-corrected chi connectivity index (χ1v) is 9.56. The molecule has 0 aliphatic rings. The molecule has 0 amide bonds. The molecule has 3 rings (SSSR count). The van der Waals surface area contributed by atoms with Gasteiger partial charge in [-0.1, -0.05) is 34.1 Å². The van der Waals surface area contributed by atoms with E-state index in [4.69, 9.17) is 9.47 Å². The lowest BCUT2D eigenvalue weighted by Gasteiger charge is -2.14. The van der Waals surface area contributed by atoms with E-state index >= 15 is 0 Å². The van der Waals surface area contributed by atoms with Gasteiger partial charge in [0.1, 0.15) is 12.4 Å². The Balaban J connectivity index is 1.66. The van der Waals surface area contributed by atoms with E-state index in [1.54, 1.807) is 12.1 Å². The van der Waals surface area contributed by atoms with Crippen LogP contribution in [0.4, 0.5) is 10.1 Å². The van der Waals surface area contributed by atoms with E-state index in [0.717, 1.165) is 21.3 Å². The smallest absolute Gasteiger partial charge is 0.161 e. The third kappa shape index (κ3) is 5.73. The van der Waals surface area contributed by atoms with Crippen molar-refractivity contribution in [3.05, 3.63) is 88.1 Å². The highest BCUT2D eigenvalue weighted by Crippen LogP contribution is 2.29. The van der Waals surface area contributed by atoms with Gasteiger partial charge in [0.2, 0.25) is 0 Å². The lowest BCUT2D eigenvalue weighted by atomic mass is 10.2. The first-order valence-electron chi connectivity index (χ1n) is 8.76. The SMILES string of the molecule is CCOc1cc(CNc2ccc(Br)cc2)ccc1OCc1ccc(F)cc1. The second-order valence-electron chi connectivity index (χ2n) is 5.99. The van der Waals surface area contributed by atoms with Crippen molar-refractivity contribution in [3.8, 4) is 11.5 Å². The summed E-state index contributed by atoms with van der Waals surface area (Å²) < 4.78 is 25.7. The molecule has 0 atom stereocenters. The van der Waals surface area contributed by atoms with Gasteiger partial charge in [0.25, 0.3) is 0 Å². The summed E-state index contributed by atoms with van der Waals surface area (Å²) >= 11 is 3.43. The molecule has 0 aliphatic carbocycles. The van der Waals surface area contributed by atoms with E-state index in [2.05, 4.69) is 21.2 Å². The van der Waals surface area contributed by atoms with Crippen molar-refractivity contribution in [2.45, 2.75) is 20.1 Å². The van der Waals surface area contributed by atoms with E-state index in [9.17, 15) is 4.39 Å². The molecule has 0 spiro atoms. The first-order chi connectivity index (χ1) is 13.1. The van der Waals surface area contributed by atoms with Gasteiger partial charge in [0.05, 0.1) is 6.61 Å². The van der Waals surface area contributed by atoms with Crippen molar-refractivity contribution in [3.63, 3.8) is 0 Å². The molecule has 0 saturated heterocycles. The average molecular weight is 430 g/mol. The van der Waals surface area contributed by atoms with Gasteiger partial charge in [0.15, 0.2) is 11.5 Å². The fraction of sp³-hybridized carbons (Fsp3) is 0.182. The van der Waals surface area contributed by atoms with Crippen LogP contribution in [0.2, 0.25) is 0 Å². The minimum Gasteiger partial charge on any atom is -0.490 e. The summed E-state index contributed by atoms with van der Waals surface area (Å²) in [5, 5.41) is 3.39. The van der Waals surface area contributed by atoms with Crippen LogP contribution in [0.1, 0.15) is 18.1 Å². The Bertz CT molecular complexity index is 866. The molecule has 0 fully saturated rings. The van der Waals surface area contributed by atoms with Crippen molar-refractivity contribution < 1.29 is 13.9 Å². The molecule has 140 valence electrons. The molecular formula is C22H21BrFNO2. The summed E-state index contributed by atoms with van der Waals surface area (Å²) in [5.74, 6) is 1.12. The molecule has 0 heterocycles. The average Bonchev–Trinajstić information content (AvgIpc) is 2.68. The molecule has 3 nitrogen and oxygen atoms in total. The maximum atomic E-state index is 13.0. The fourth-order valence-electron chi connectivity index (χ4n) is 2.56. The number of benzene rings is 3. The molecule has 0 bridgehead atoms. The predicted octanol–water partition coefficient (Wildman–Crippen LogP) is 6.18. The van der Waals surface area contributed by atoms with Crippen molar-refractivity contribution in [2.75, 3.05) is 11.9 Å². The van der Waals surface area contributed by atoms with E-state index < -0.39 is 0 Å². The Kier molecular flexibility index (Phi) is 6.71. The van der Waals surface area contributed by atoms with Crippen molar-refractivity contribution in [1.82, 2.24) is 0 Å². The Morgan fingerprint density at radius 1 is 0.852 bits per heavy atom. The van der Waals surface area contributed by atoms with Gasteiger partial charge in [-0.25, -0.2) is 4.39 Å². The fourth-order valence-corrected chi connectivity index (χ4v) is 2.83. The van der Waals surface area contributed by atoms with Crippen LogP contribution in [-0.2, 0) is 13.2 Å². The largest absolute Gasteiger partial charge is 0.490 e. The van der Waals surface area contributed by atoms with E-state index in [-0.39, 0.29) is 5.82 Å². The van der Waals surface area contributed by atoms with Crippen molar-refractivity contribution >= 4 is 21.6 Å². The quantitative estimate of drug-likeness (QED) is 0.463. The summed E-state index contributed by atoms with van der Waals surface area (Å²) in [6, 6.07) is 20.2. The molecule has 0 aromatic heterocycles. The van der Waals surface area contributed by atoms with E-state index in [1.165, 1.54) is 12.1 Å². The summed E-state index contributed by atoms with van der Waals surface area (Å²) in [4.78, 5) is 0. The number of anilines is 1. The Morgan fingerprint density at radius 3 is 2.26 bits per heavy atom. The zero-order valence-corrected chi connectivity index (χ0v) is 16.6. The van der Waals surface area contributed by atoms with E-state index in [0.29, 0.717) is 31.3 Å². The normalized spacial score (nSPS) is 10.5. The molecule has 5 heteroatoms. The van der Waals surface area contributed by atoms with Crippen LogP contribution in [0.25, 0.3) is 0 Å². The minimum absolute atomic E-state index is 0.253. The second-order valence-corrected chi connectivity index (χ2v) is 6.91. The van der Waals surface area contributed by atoms with Crippen LogP contribution < -0.4 is 14.8 Å². The molecular weight excluding hydrogens is 409 g/mol. The molecule has 3 aromatic carbocycles. The highest BCUT2D eigenvalue weighted by Gasteiger charge is 2.07. The second kappa shape index (κ2) is 9.42. The van der Waals surface area contributed by atoms with Crippen LogP contribution in [0.3, 0.4) is 0 Å². The molecule has 27 heavy (non-hydrogen) atoms. The van der Waals surface area contributed by atoms with Gasteiger partial charge in [-0.05, 0) is 66.6 Å². The van der Waals surface area contributed by atoms with Gasteiger partial charge < -0.3 is 14.8 Å². The number of ether oxygens (including phenoxy) is 2. The van der Waals surface area contributed by atoms with Gasteiger partial charge >= 0.3 is 0 Å². The zero-order chi connectivity index (χ0) is 19.1. The van der Waals surface area contributed by atoms with Crippen LogP contribution in [-0.4, -0.2) is 6.61 Å². The minimum atomic E-state index is -0.253. The van der Waals surface area contributed by atoms with E-state index in [1.807, 2.05) is 49.4 Å². The summed E-state index contributed by atoms with van der Waals surface area (Å²) in [6.45, 7) is 3.53. The topological polar surface area (TPSA) is 30.5 Å². The first kappa shape index (κ1) is 19.2. The van der Waals surface area contributed by atoms with Gasteiger partial charge in [-0.15, -0.1) is 0 Å². The molecule has 0 aliphatic heterocycles. The third-order valence-electron chi connectivity index (χ3n) is 3.96. The highest BCUT2D eigenvalue weighted by atomic mass is 79.9. The van der Waals surface area contributed by atoms with Crippen LogP contribution in [0.15, 0.2) is 71.2 Å². The zero-order valence-electron chi connectivity index (χ0n) is 15.0. The molecule has 0 radical (unpaired) electrons. The summed E-state index contributed by atoms with van der Waals surface area (Å²) in [6.07, 6.45) is 0. The highest BCUT2D eigenvalue weighted by molar-refractivity contribution is 9.10. The van der Waals surface area contributed by atoms with Crippen LogP contribution in [0.5, 0.6) is 11.5 Å². The number of hydrogen-bond donors (Lipinski definition) is 1. The number of hydrogen-bond acceptors (Lipinski definition) is 3. The lowest BCUT2D eigenvalue weighted by molar-refractivity contribution is 0.269. The Hall–Kier alpha value is -2.53. The standard InChI is InChI=1S/C22H21BrFNO2/c1-2-26-22-13-17(14-25-20-10-6-18(23)7-11-20)5-12-21(22)27-15-16-3-8-19(24)9-4-16/h3-13,25H,2,14-15H2,1H3. The number of rotatable bonds is 8. The van der Waals surface area contributed by atoms with Crippen LogP contribution >= 0.6 is 15.9 Å². The van der Waals surface area contributed by atoms with Crippen molar-refractivity contribution in [1.29, 1.82) is 0 Å². The summed E-state index contributed by atoms with van der Waals surface area (Å²) in [7, 11) is 0. The molecule has 3 aromatic rings. The predicted molar refractivity (Wildman–Crippen MR) is 110 cm³/mol. The van der Waals surface area contributed by atoms with Gasteiger partial charge in [-0.2, -0.15) is 0 Å². The molecule has 1 N–H and O–H groups in total. The third-order valence-corrected chi connectivity index (χ3v) is 4.49. The maximum Gasteiger partial charge on any atom is 0.161 e. The van der Waals surface area contributed by atoms with Crippen molar-refractivity contribution in [2.24, 2.45) is 0 Å². The Labute approximate surface area is 167 Å². The maximum absolute atomic E-state index is 13.0. The monoisotopic (exact) mass is 429 g/mol. The Morgan fingerprint density at radius 2 is 1.56 bits per heavy atom. The van der Waals surface area contributed by atoms with Gasteiger partial charge in [-0.3, -0.25) is 0 Å². The molecule has 0 unspecified atom stereocenters. The molecule has 0 saturated carbocycles. The lowest BCUT2D eigenvalue weighted by Crippen LogP contribution is -2.03. The summed E-state index contributed by atoms with van der Waals surface area (Å²) in [5.41, 5.74) is 3.04.